The van der Waals surface area contributed by atoms with Crippen LogP contribution < -0.4 is 24.4 Å². The van der Waals surface area contributed by atoms with Crippen molar-refractivity contribution in [3.05, 3.63) is 102 Å². The number of hydrogen-bond donors (Lipinski definition) is 0. The van der Waals surface area contributed by atoms with Crippen LogP contribution in [0.5, 0.6) is 11.5 Å². The molecule has 5 rings (SSSR count). The number of carbonyl (C=O) groups excluding carboxylic acids is 2. The number of benzene rings is 2. The predicted molar refractivity (Wildman–Crippen MR) is 165 cm³/mol. The number of methoxy groups -OCH3 is 1. The van der Waals surface area contributed by atoms with E-state index >= 15 is 0 Å². The molecule has 0 saturated carbocycles. The molecule has 1 atom stereocenters. The average molecular weight is 617 g/mol. The maximum Gasteiger partial charge on any atom is 0.338 e. The van der Waals surface area contributed by atoms with Gasteiger partial charge in [-0.2, -0.15) is 0 Å². The molecule has 11 heteroatoms. The van der Waals surface area contributed by atoms with Gasteiger partial charge in [0.25, 0.3) is 5.56 Å². The van der Waals surface area contributed by atoms with E-state index in [0.717, 1.165) is 0 Å². The first-order valence-corrected chi connectivity index (χ1v) is 15.0. The molecule has 0 radical (unpaired) electrons. The minimum Gasteiger partial charge on any atom is -0.493 e. The first-order chi connectivity index (χ1) is 21.3. The standard InChI is InChI=1S/C33H32N2O8S/c1-6-40-26-17-21(12-14-25(26)39-5)29-28(32(38)42-8-3)19(4)34-33-35(29)30(36)27(44-33)18-23-13-15-24(43-23)20-10-9-11-22(16-20)31(37)41-7-2/h9-18,29H,6-8H2,1-5H3/b27-18-. The smallest absolute Gasteiger partial charge is 0.338 e. The third kappa shape index (κ3) is 5.96. The summed E-state index contributed by atoms with van der Waals surface area (Å²) in [7, 11) is 1.55. The number of nitrogens with zero attached hydrogens (tertiary/aromatic N) is 2. The Morgan fingerprint density at radius 2 is 1.75 bits per heavy atom. The van der Waals surface area contributed by atoms with Crippen LogP contribution >= 0.6 is 11.3 Å². The monoisotopic (exact) mass is 616 g/mol. The fourth-order valence-electron chi connectivity index (χ4n) is 4.97. The lowest BCUT2D eigenvalue weighted by Crippen LogP contribution is -2.39. The topological polar surface area (TPSA) is 119 Å². The van der Waals surface area contributed by atoms with Crippen LogP contribution in [0.1, 0.15) is 55.4 Å². The van der Waals surface area contributed by atoms with Crippen molar-refractivity contribution in [1.29, 1.82) is 0 Å². The molecule has 4 aromatic rings. The van der Waals surface area contributed by atoms with Gasteiger partial charge in [-0.25, -0.2) is 14.6 Å². The van der Waals surface area contributed by atoms with Gasteiger partial charge in [0.2, 0.25) is 0 Å². The summed E-state index contributed by atoms with van der Waals surface area (Å²) in [5.41, 5.74) is 2.12. The molecule has 2 aromatic heterocycles. The molecule has 44 heavy (non-hydrogen) atoms. The number of rotatable bonds is 10. The second-order valence-electron chi connectivity index (χ2n) is 9.65. The molecule has 0 saturated heterocycles. The number of thiazole rings is 1. The molecule has 0 fully saturated rings. The Labute approximate surface area is 257 Å². The van der Waals surface area contributed by atoms with E-state index in [1.807, 2.05) is 13.0 Å². The molecule has 1 aliphatic rings. The summed E-state index contributed by atoms with van der Waals surface area (Å²) < 4.78 is 29.7. The van der Waals surface area contributed by atoms with Crippen molar-refractivity contribution in [2.45, 2.75) is 33.7 Å². The molecule has 1 unspecified atom stereocenters. The van der Waals surface area contributed by atoms with Gasteiger partial charge in [0, 0.05) is 11.6 Å². The van der Waals surface area contributed by atoms with Crippen LogP contribution in [0.25, 0.3) is 17.4 Å². The number of allylic oxidation sites excluding steroid dienone is 1. The largest absolute Gasteiger partial charge is 0.493 e. The van der Waals surface area contributed by atoms with Gasteiger partial charge in [-0.15, -0.1) is 0 Å². The van der Waals surface area contributed by atoms with Crippen molar-refractivity contribution in [3.8, 4) is 22.8 Å². The molecule has 0 N–H and O–H groups in total. The Kier molecular flexibility index (Phi) is 9.15. The minimum absolute atomic E-state index is 0.170. The molecule has 0 spiro atoms. The van der Waals surface area contributed by atoms with Crippen LogP contribution in [0.15, 0.2) is 80.1 Å². The molecule has 0 aliphatic carbocycles. The molecule has 228 valence electrons. The van der Waals surface area contributed by atoms with Crippen molar-refractivity contribution in [1.82, 2.24) is 4.57 Å². The van der Waals surface area contributed by atoms with Crippen molar-refractivity contribution in [2.24, 2.45) is 4.99 Å². The van der Waals surface area contributed by atoms with Gasteiger partial charge in [-0.3, -0.25) is 9.36 Å². The Morgan fingerprint density at radius 3 is 2.48 bits per heavy atom. The van der Waals surface area contributed by atoms with E-state index in [-0.39, 0.29) is 24.3 Å². The second kappa shape index (κ2) is 13.2. The van der Waals surface area contributed by atoms with Crippen LogP contribution in [0.2, 0.25) is 0 Å². The SMILES string of the molecule is CCOC(=O)C1=C(C)N=c2s/c(=C\c3ccc(-c4cccc(C(=O)OCC)c4)o3)c(=O)n2C1c1ccc(OC)c(OCC)c1. The third-order valence-corrected chi connectivity index (χ3v) is 7.86. The van der Waals surface area contributed by atoms with Crippen LogP contribution in [0.4, 0.5) is 0 Å². The summed E-state index contributed by atoms with van der Waals surface area (Å²) in [5, 5.41) is 0. The number of furan rings is 1. The maximum atomic E-state index is 14.0. The molecule has 0 amide bonds. The van der Waals surface area contributed by atoms with E-state index in [0.29, 0.717) is 61.3 Å². The summed E-state index contributed by atoms with van der Waals surface area (Å²) in [6.45, 7) is 7.92. The lowest BCUT2D eigenvalue weighted by Gasteiger charge is -2.25. The minimum atomic E-state index is -0.810. The normalized spacial score (nSPS) is 14.6. The van der Waals surface area contributed by atoms with Gasteiger partial charge in [-0.05, 0) is 69.7 Å². The van der Waals surface area contributed by atoms with E-state index in [1.165, 1.54) is 15.9 Å². The molecule has 0 bridgehead atoms. The number of ether oxygens (including phenoxy) is 4. The van der Waals surface area contributed by atoms with E-state index in [9.17, 15) is 14.4 Å². The Bertz CT molecular complexity index is 1930. The van der Waals surface area contributed by atoms with Gasteiger partial charge >= 0.3 is 11.9 Å². The Morgan fingerprint density at radius 1 is 0.977 bits per heavy atom. The molecular weight excluding hydrogens is 584 g/mol. The van der Waals surface area contributed by atoms with E-state index in [2.05, 4.69) is 4.99 Å². The molecule has 10 nitrogen and oxygen atoms in total. The van der Waals surface area contributed by atoms with Crippen molar-refractivity contribution in [3.63, 3.8) is 0 Å². The lowest BCUT2D eigenvalue weighted by atomic mass is 9.95. The highest BCUT2D eigenvalue weighted by Crippen LogP contribution is 2.36. The van der Waals surface area contributed by atoms with Gasteiger partial charge in [-0.1, -0.05) is 29.5 Å². The molecule has 1 aliphatic heterocycles. The van der Waals surface area contributed by atoms with Gasteiger partial charge < -0.3 is 23.4 Å². The molecule has 2 aromatic carbocycles. The third-order valence-electron chi connectivity index (χ3n) is 6.88. The van der Waals surface area contributed by atoms with Crippen molar-refractivity contribution < 1.29 is 33.0 Å². The van der Waals surface area contributed by atoms with E-state index < -0.39 is 18.0 Å². The zero-order chi connectivity index (χ0) is 31.4. The number of esters is 2. The Hall–Kier alpha value is -4.90. The number of aromatic nitrogens is 1. The number of fused-ring (bicyclic) bond motifs is 1. The molecular formula is C33H32N2O8S. The van der Waals surface area contributed by atoms with Crippen molar-refractivity contribution in [2.75, 3.05) is 26.9 Å². The van der Waals surface area contributed by atoms with Crippen LogP contribution in [0.3, 0.4) is 0 Å². The first kappa shape index (κ1) is 30.6. The summed E-state index contributed by atoms with van der Waals surface area (Å²) >= 11 is 1.19. The number of hydrogen-bond acceptors (Lipinski definition) is 10. The first-order valence-electron chi connectivity index (χ1n) is 14.2. The zero-order valence-electron chi connectivity index (χ0n) is 25.0. The highest BCUT2D eigenvalue weighted by atomic mass is 32.1. The second-order valence-corrected chi connectivity index (χ2v) is 10.7. The van der Waals surface area contributed by atoms with Crippen LogP contribution in [-0.2, 0) is 14.3 Å². The predicted octanol–water partition coefficient (Wildman–Crippen LogP) is 4.64. The highest BCUT2D eigenvalue weighted by Gasteiger charge is 2.34. The van der Waals surface area contributed by atoms with E-state index in [1.54, 1.807) is 82.5 Å². The number of carbonyl (C=O) groups is 2. The van der Waals surface area contributed by atoms with E-state index in [4.69, 9.17) is 23.4 Å². The van der Waals surface area contributed by atoms with Gasteiger partial charge in [0.05, 0.1) is 54.3 Å². The zero-order valence-corrected chi connectivity index (χ0v) is 25.9. The van der Waals surface area contributed by atoms with Crippen LogP contribution in [0, 0.1) is 0 Å². The summed E-state index contributed by atoms with van der Waals surface area (Å²) in [6.07, 6.45) is 1.64. The summed E-state index contributed by atoms with van der Waals surface area (Å²) in [5.74, 6) is 1.01. The van der Waals surface area contributed by atoms with Crippen molar-refractivity contribution >= 4 is 29.4 Å². The van der Waals surface area contributed by atoms with Crippen LogP contribution in [-0.4, -0.2) is 43.4 Å². The summed E-state index contributed by atoms with van der Waals surface area (Å²) in [4.78, 5) is 44.5. The fourth-order valence-corrected chi connectivity index (χ4v) is 5.99. The molecule has 3 heterocycles. The lowest BCUT2D eigenvalue weighted by molar-refractivity contribution is -0.139. The average Bonchev–Trinajstić information content (AvgIpc) is 3.61. The quantitative estimate of drug-likeness (QED) is 0.237. The van der Waals surface area contributed by atoms with Gasteiger partial charge in [0.1, 0.15) is 11.5 Å². The maximum absolute atomic E-state index is 14.0. The Balaban J connectivity index is 1.60. The van der Waals surface area contributed by atoms with Gasteiger partial charge in [0.15, 0.2) is 16.3 Å². The fraction of sp³-hybridized carbons (Fsp3) is 0.273. The highest BCUT2D eigenvalue weighted by molar-refractivity contribution is 7.07. The summed E-state index contributed by atoms with van der Waals surface area (Å²) in [6, 6.07) is 15.0.